The zero-order valence-electron chi connectivity index (χ0n) is 16.6. The van der Waals surface area contributed by atoms with Crippen molar-refractivity contribution < 1.29 is 9.53 Å². The summed E-state index contributed by atoms with van der Waals surface area (Å²) >= 11 is 0. The van der Waals surface area contributed by atoms with Crippen LogP contribution >= 0.6 is 0 Å². The lowest BCUT2D eigenvalue weighted by atomic mass is 9.73. The van der Waals surface area contributed by atoms with Gasteiger partial charge in [-0.15, -0.1) is 0 Å². The van der Waals surface area contributed by atoms with Gasteiger partial charge in [-0.2, -0.15) is 0 Å². The van der Waals surface area contributed by atoms with Crippen molar-refractivity contribution in [3.05, 3.63) is 35.4 Å². The van der Waals surface area contributed by atoms with E-state index in [0.717, 1.165) is 45.6 Å². The number of amides is 1. The molecular weight excluding hydrogens is 338 g/mol. The maximum atomic E-state index is 13.1. The molecule has 0 aromatic heterocycles. The average molecular weight is 370 g/mol. The van der Waals surface area contributed by atoms with Gasteiger partial charge in [0, 0.05) is 38.0 Å². The highest BCUT2D eigenvalue weighted by Gasteiger charge is 2.63. The van der Waals surface area contributed by atoms with Crippen LogP contribution in [-0.4, -0.2) is 79.1 Å². The van der Waals surface area contributed by atoms with Gasteiger partial charge in [-0.25, -0.2) is 0 Å². The van der Waals surface area contributed by atoms with E-state index in [1.54, 1.807) is 0 Å². The molecule has 3 fully saturated rings. The molecule has 0 radical (unpaired) electrons. The Hall–Kier alpha value is -1.43. The SMILES string of the molecule is CN(C)C[C@H]1[C@H]2CN(C(=O)CN3CCc4ccccc4C3)C[C@]23CC[C@H]1O3. The summed E-state index contributed by atoms with van der Waals surface area (Å²) in [5.41, 5.74) is 2.77. The molecule has 0 N–H and O–H groups in total. The van der Waals surface area contributed by atoms with Crippen LogP contribution in [0.2, 0.25) is 0 Å². The van der Waals surface area contributed by atoms with Gasteiger partial charge in [-0.1, -0.05) is 24.3 Å². The quantitative estimate of drug-likeness (QED) is 0.808. The predicted octanol–water partition coefficient (Wildman–Crippen LogP) is 1.61. The van der Waals surface area contributed by atoms with Crippen LogP contribution in [0.15, 0.2) is 24.3 Å². The lowest BCUT2D eigenvalue weighted by Crippen LogP contribution is -2.43. The van der Waals surface area contributed by atoms with Gasteiger partial charge >= 0.3 is 0 Å². The Kier molecular flexibility index (Phi) is 4.30. The summed E-state index contributed by atoms with van der Waals surface area (Å²) < 4.78 is 6.48. The van der Waals surface area contributed by atoms with E-state index in [1.807, 2.05) is 0 Å². The van der Waals surface area contributed by atoms with Crippen LogP contribution in [0.4, 0.5) is 0 Å². The Morgan fingerprint density at radius 1 is 1.30 bits per heavy atom. The number of benzene rings is 1. The van der Waals surface area contributed by atoms with E-state index in [-0.39, 0.29) is 11.5 Å². The second kappa shape index (κ2) is 6.57. The predicted molar refractivity (Wildman–Crippen MR) is 104 cm³/mol. The number of ether oxygens (including phenoxy) is 1. The zero-order valence-corrected chi connectivity index (χ0v) is 16.6. The van der Waals surface area contributed by atoms with Crippen molar-refractivity contribution in [3.8, 4) is 0 Å². The highest BCUT2D eigenvalue weighted by molar-refractivity contribution is 5.79. The van der Waals surface area contributed by atoms with Gasteiger partial charge in [0.25, 0.3) is 0 Å². The van der Waals surface area contributed by atoms with Crippen LogP contribution in [0.1, 0.15) is 24.0 Å². The monoisotopic (exact) mass is 369 g/mol. The summed E-state index contributed by atoms with van der Waals surface area (Å²) in [5.74, 6) is 1.38. The van der Waals surface area contributed by atoms with E-state index >= 15 is 0 Å². The molecule has 27 heavy (non-hydrogen) atoms. The highest BCUT2D eigenvalue weighted by Crippen LogP contribution is 2.54. The van der Waals surface area contributed by atoms with Gasteiger partial charge < -0.3 is 14.5 Å². The summed E-state index contributed by atoms with van der Waals surface area (Å²) in [5, 5.41) is 0. The van der Waals surface area contributed by atoms with Crippen molar-refractivity contribution in [1.82, 2.24) is 14.7 Å². The fourth-order valence-electron chi connectivity index (χ4n) is 6.03. The minimum atomic E-state index is -0.0461. The molecule has 1 aromatic rings. The molecule has 4 aliphatic rings. The van der Waals surface area contributed by atoms with Crippen molar-refractivity contribution in [2.45, 2.75) is 37.5 Å². The first-order valence-corrected chi connectivity index (χ1v) is 10.4. The molecule has 5 heteroatoms. The number of hydrogen-bond donors (Lipinski definition) is 0. The summed E-state index contributed by atoms with van der Waals surface area (Å²) in [4.78, 5) is 19.8. The molecule has 0 unspecified atom stereocenters. The maximum Gasteiger partial charge on any atom is 0.236 e. The third-order valence-corrected chi connectivity index (χ3v) is 7.28. The molecule has 1 aromatic carbocycles. The second-order valence-electron chi connectivity index (χ2n) is 9.30. The summed E-state index contributed by atoms with van der Waals surface area (Å²) in [6.07, 6.45) is 3.76. The van der Waals surface area contributed by atoms with Gasteiger partial charge in [0.2, 0.25) is 5.91 Å². The lowest BCUT2D eigenvalue weighted by Gasteiger charge is -2.31. The Bertz CT molecular complexity index is 736. The van der Waals surface area contributed by atoms with Gasteiger partial charge in [0.15, 0.2) is 0 Å². The van der Waals surface area contributed by atoms with Gasteiger partial charge in [-0.05, 0) is 44.5 Å². The van der Waals surface area contributed by atoms with E-state index in [1.165, 1.54) is 17.5 Å². The molecule has 1 amide bonds. The molecule has 0 aliphatic carbocycles. The number of carbonyl (C=O) groups is 1. The highest BCUT2D eigenvalue weighted by atomic mass is 16.5. The number of likely N-dealkylation sites (tertiary alicyclic amines) is 1. The minimum absolute atomic E-state index is 0.0461. The Labute approximate surface area is 162 Å². The molecule has 3 saturated heterocycles. The minimum Gasteiger partial charge on any atom is -0.369 e. The van der Waals surface area contributed by atoms with Crippen molar-refractivity contribution in [2.75, 3.05) is 46.8 Å². The van der Waals surface area contributed by atoms with E-state index in [4.69, 9.17) is 4.74 Å². The molecule has 4 aliphatic heterocycles. The fourth-order valence-corrected chi connectivity index (χ4v) is 6.03. The summed E-state index contributed by atoms with van der Waals surface area (Å²) in [7, 11) is 4.29. The van der Waals surface area contributed by atoms with Crippen LogP contribution in [0.5, 0.6) is 0 Å². The van der Waals surface area contributed by atoms with E-state index in [9.17, 15) is 4.79 Å². The molecule has 4 heterocycles. The number of nitrogens with zero attached hydrogens (tertiary/aromatic N) is 3. The Morgan fingerprint density at radius 2 is 2.11 bits per heavy atom. The van der Waals surface area contributed by atoms with E-state index < -0.39 is 0 Å². The largest absolute Gasteiger partial charge is 0.369 e. The van der Waals surface area contributed by atoms with Crippen LogP contribution in [0.3, 0.4) is 0 Å². The third-order valence-electron chi connectivity index (χ3n) is 7.28. The van der Waals surface area contributed by atoms with E-state index in [2.05, 4.69) is 53.1 Å². The fraction of sp³-hybridized carbons (Fsp3) is 0.682. The molecule has 1 spiro atoms. The van der Waals surface area contributed by atoms with Crippen LogP contribution < -0.4 is 0 Å². The standard InChI is InChI=1S/C22H31N3O2/c1-23(2)12-18-19-13-25(15-22(19)9-7-20(18)27-22)21(26)14-24-10-8-16-5-3-4-6-17(16)11-24/h3-6,18-20H,7-15H2,1-2H3/t18-,19+,20+,22+/m0/s1. The molecule has 4 atom stereocenters. The Morgan fingerprint density at radius 3 is 2.93 bits per heavy atom. The molecule has 146 valence electrons. The van der Waals surface area contributed by atoms with Crippen LogP contribution in [-0.2, 0) is 22.5 Å². The van der Waals surface area contributed by atoms with E-state index in [0.29, 0.717) is 24.5 Å². The summed E-state index contributed by atoms with van der Waals surface area (Å²) in [6.45, 7) is 5.18. The van der Waals surface area contributed by atoms with Crippen molar-refractivity contribution >= 4 is 5.91 Å². The Balaban J connectivity index is 1.24. The third kappa shape index (κ3) is 3.00. The molecule has 5 rings (SSSR count). The smallest absolute Gasteiger partial charge is 0.236 e. The molecule has 5 nitrogen and oxygen atoms in total. The van der Waals surface area contributed by atoms with Crippen LogP contribution in [0, 0.1) is 11.8 Å². The first-order chi connectivity index (χ1) is 13.0. The number of fused-ring (bicyclic) bond motifs is 2. The van der Waals surface area contributed by atoms with Gasteiger partial charge in [0.05, 0.1) is 24.8 Å². The summed E-state index contributed by atoms with van der Waals surface area (Å²) in [6, 6.07) is 8.63. The number of hydrogen-bond acceptors (Lipinski definition) is 4. The molecular formula is C22H31N3O2. The first-order valence-electron chi connectivity index (χ1n) is 10.4. The van der Waals surface area contributed by atoms with Gasteiger partial charge in [-0.3, -0.25) is 9.69 Å². The maximum absolute atomic E-state index is 13.1. The number of carbonyl (C=O) groups excluding carboxylic acids is 1. The normalized spacial score (nSPS) is 34.9. The zero-order chi connectivity index (χ0) is 18.6. The molecule has 2 bridgehead atoms. The molecule has 0 saturated carbocycles. The number of rotatable bonds is 4. The van der Waals surface area contributed by atoms with Crippen molar-refractivity contribution in [1.29, 1.82) is 0 Å². The topological polar surface area (TPSA) is 36.0 Å². The van der Waals surface area contributed by atoms with Crippen molar-refractivity contribution in [2.24, 2.45) is 11.8 Å². The van der Waals surface area contributed by atoms with Gasteiger partial charge in [0.1, 0.15) is 0 Å². The van der Waals surface area contributed by atoms with Crippen LogP contribution in [0.25, 0.3) is 0 Å². The lowest BCUT2D eigenvalue weighted by molar-refractivity contribution is -0.133. The average Bonchev–Trinajstić information content (AvgIpc) is 3.31. The van der Waals surface area contributed by atoms with Crippen molar-refractivity contribution in [3.63, 3.8) is 0 Å². The first kappa shape index (κ1) is 17.7. The second-order valence-corrected chi connectivity index (χ2v) is 9.30.